The van der Waals surface area contributed by atoms with Crippen LogP contribution in [-0.4, -0.2) is 48.8 Å². The summed E-state index contributed by atoms with van der Waals surface area (Å²) in [5.41, 5.74) is 4.14. The summed E-state index contributed by atoms with van der Waals surface area (Å²) in [5.74, 6) is -0.223. The second-order valence-corrected chi connectivity index (χ2v) is 6.21. The maximum atomic E-state index is 12.8. The third-order valence-electron chi connectivity index (χ3n) is 4.54. The number of nitrogens with zero attached hydrogens (tertiary/aromatic N) is 1. The number of alkyl halides is 3. The molecule has 122 valence electrons. The molecule has 4 nitrogen and oxygen atoms in total. The summed E-state index contributed by atoms with van der Waals surface area (Å²) in [6.45, 7) is 2.51. The van der Waals surface area contributed by atoms with Gasteiger partial charge < -0.3 is 15.4 Å². The molecule has 0 bridgehead atoms. The number of rotatable bonds is 5. The van der Waals surface area contributed by atoms with Gasteiger partial charge in [0.05, 0.1) is 18.1 Å². The Balaban J connectivity index is 1.82. The smallest absolute Gasteiger partial charge is 0.375 e. The van der Waals surface area contributed by atoms with Crippen LogP contribution in [0.5, 0.6) is 0 Å². The molecule has 0 radical (unpaired) electrons. The minimum absolute atomic E-state index is 0.0958. The van der Waals surface area contributed by atoms with E-state index in [9.17, 15) is 18.0 Å². The quantitative estimate of drug-likeness (QED) is 0.846. The summed E-state index contributed by atoms with van der Waals surface area (Å²) < 4.78 is 43.7. The Labute approximate surface area is 122 Å². The van der Waals surface area contributed by atoms with Gasteiger partial charge >= 0.3 is 6.18 Å². The minimum Gasteiger partial charge on any atom is -0.375 e. The van der Waals surface area contributed by atoms with Crippen LogP contribution < -0.4 is 5.73 Å². The molecule has 2 atom stereocenters. The van der Waals surface area contributed by atoms with Crippen molar-refractivity contribution >= 4 is 5.91 Å². The fourth-order valence-corrected chi connectivity index (χ4v) is 2.58. The van der Waals surface area contributed by atoms with Crippen molar-refractivity contribution in [3.63, 3.8) is 0 Å². The van der Waals surface area contributed by atoms with Gasteiger partial charge in [-0.25, -0.2) is 0 Å². The summed E-state index contributed by atoms with van der Waals surface area (Å²) in [4.78, 5) is 13.9. The number of likely N-dealkylation sites (tertiary alicyclic amines) is 1. The molecule has 1 aliphatic carbocycles. The van der Waals surface area contributed by atoms with Crippen LogP contribution in [0.3, 0.4) is 0 Å². The molecular weight excluding hydrogens is 285 g/mol. The van der Waals surface area contributed by atoms with Gasteiger partial charge in [0.1, 0.15) is 6.04 Å². The predicted octanol–water partition coefficient (Wildman–Crippen LogP) is 2.07. The molecule has 21 heavy (non-hydrogen) atoms. The molecule has 2 rings (SSSR count). The zero-order valence-corrected chi connectivity index (χ0v) is 12.3. The molecule has 0 aromatic carbocycles. The number of hydrogen-bond donors (Lipinski definition) is 1. The molecule has 0 unspecified atom stereocenters. The Kier molecular flexibility index (Phi) is 4.82. The van der Waals surface area contributed by atoms with Crippen molar-refractivity contribution in [2.45, 2.75) is 57.3 Å². The number of ether oxygens (including phenoxy) is 1. The second kappa shape index (κ2) is 6.12. The van der Waals surface area contributed by atoms with Crippen LogP contribution in [0.15, 0.2) is 0 Å². The second-order valence-electron chi connectivity index (χ2n) is 6.21. The van der Waals surface area contributed by atoms with E-state index >= 15 is 0 Å². The number of hydrogen-bond acceptors (Lipinski definition) is 3. The molecular formula is C14H23F3N2O2. The number of amides is 1. The highest BCUT2D eigenvalue weighted by atomic mass is 19.4. The van der Waals surface area contributed by atoms with Crippen molar-refractivity contribution in [2.24, 2.45) is 11.1 Å². The Morgan fingerprint density at radius 2 is 1.86 bits per heavy atom. The lowest BCUT2D eigenvalue weighted by atomic mass is 10.1. The number of piperidine rings is 1. The summed E-state index contributed by atoms with van der Waals surface area (Å²) in [6, 6.07) is -0.896. The first-order valence-corrected chi connectivity index (χ1v) is 7.49. The van der Waals surface area contributed by atoms with Gasteiger partial charge in [0.15, 0.2) is 0 Å². The van der Waals surface area contributed by atoms with E-state index in [0.717, 1.165) is 19.3 Å². The van der Waals surface area contributed by atoms with E-state index in [1.54, 1.807) is 11.8 Å². The van der Waals surface area contributed by atoms with Gasteiger partial charge in [0, 0.05) is 13.1 Å². The van der Waals surface area contributed by atoms with Gasteiger partial charge in [0.25, 0.3) is 0 Å². The van der Waals surface area contributed by atoms with Crippen molar-refractivity contribution < 1.29 is 22.7 Å². The lowest BCUT2D eigenvalue weighted by Gasteiger charge is -2.31. The van der Waals surface area contributed by atoms with E-state index in [-0.39, 0.29) is 18.7 Å². The third kappa shape index (κ3) is 3.69. The highest BCUT2D eigenvalue weighted by Crippen LogP contribution is 2.57. The first-order valence-electron chi connectivity index (χ1n) is 7.49. The van der Waals surface area contributed by atoms with Crippen LogP contribution in [0.2, 0.25) is 0 Å². The Morgan fingerprint density at radius 1 is 1.29 bits per heavy atom. The highest BCUT2D eigenvalue weighted by molar-refractivity contribution is 5.82. The van der Waals surface area contributed by atoms with E-state index in [0.29, 0.717) is 13.1 Å². The summed E-state index contributed by atoms with van der Waals surface area (Å²) >= 11 is 0. The molecule has 7 heteroatoms. The fourth-order valence-electron chi connectivity index (χ4n) is 2.58. The van der Waals surface area contributed by atoms with Crippen molar-refractivity contribution in [3.05, 3.63) is 0 Å². The van der Waals surface area contributed by atoms with Crippen LogP contribution in [0.1, 0.15) is 39.0 Å². The van der Waals surface area contributed by atoms with Crippen molar-refractivity contribution in [1.29, 1.82) is 0 Å². The van der Waals surface area contributed by atoms with Crippen molar-refractivity contribution in [2.75, 3.05) is 19.7 Å². The fraction of sp³-hybridized carbons (Fsp3) is 0.929. The van der Waals surface area contributed by atoms with Gasteiger partial charge in [0.2, 0.25) is 5.91 Å². The SMILES string of the molecule is C[C@@H](OCC1(C(F)(F)F)CC1)[C@H](N)C(=O)N1CCCCC1. The maximum Gasteiger partial charge on any atom is 0.396 e. The topological polar surface area (TPSA) is 55.6 Å². The van der Waals surface area contributed by atoms with Crippen LogP contribution >= 0.6 is 0 Å². The van der Waals surface area contributed by atoms with Crippen LogP contribution in [0.4, 0.5) is 13.2 Å². The van der Waals surface area contributed by atoms with E-state index < -0.39 is 30.3 Å². The van der Waals surface area contributed by atoms with Gasteiger partial charge in [-0.1, -0.05) is 0 Å². The first kappa shape index (κ1) is 16.5. The minimum atomic E-state index is -4.24. The first-order chi connectivity index (χ1) is 9.77. The average molecular weight is 308 g/mol. The van der Waals surface area contributed by atoms with Crippen molar-refractivity contribution in [3.8, 4) is 0 Å². The molecule has 2 fully saturated rings. The normalized spacial score (nSPS) is 24.5. The molecule has 0 aromatic rings. The number of halogens is 3. The zero-order valence-electron chi connectivity index (χ0n) is 12.3. The Bertz CT molecular complexity index is 377. The van der Waals surface area contributed by atoms with Gasteiger partial charge in [-0.15, -0.1) is 0 Å². The highest BCUT2D eigenvalue weighted by Gasteiger charge is 2.63. The van der Waals surface area contributed by atoms with E-state index in [4.69, 9.17) is 10.5 Å². The number of carbonyl (C=O) groups excluding carboxylic acids is 1. The van der Waals surface area contributed by atoms with Gasteiger partial charge in [-0.05, 0) is 39.0 Å². The zero-order chi connectivity index (χ0) is 15.7. The van der Waals surface area contributed by atoms with Gasteiger partial charge in [-0.2, -0.15) is 13.2 Å². The Morgan fingerprint density at radius 3 is 2.33 bits per heavy atom. The lowest BCUT2D eigenvalue weighted by molar-refractivity contribution is -0.205. The molecule has 1 saturated heterocycles. The molecule has 1 heterocycles. The standard InChI is InChI=1S/C14H23F3N2O2/c1-10(21-9-13(5-6-13)14(15,16)17)11(18)12(20)19-7-3-2-4-8-19/h10-11H,2-9,18H2,1H3/t10-,11+/m1/s1. The monoisotopic (exact) mass is 308 g/mol. The van der Waals surface area contributed by atoms with Crippen LogP contribution in [0.25, 0.3) is 0 Å². The molecule has 0 aromatic heterocycles. The van der Waals surface area contributed by atoms with E-state index in [1.807, 2.05) is 0 Å². The molecule has 0 spiro atoms. The number of carbonyl (C=O) groups is 1. The summed E-state index contributed by atoms with van der Waals surface area (Å²) in [7, 11) is 0. The third-order valence-corrected chi connectivity index (χ3v) is 4.54. The van der Waals surface area contributed by atoms with Crippen LogP contribution in [-0.2, 0) is 9.53 Å². The largest absolute Gasteiger partial charge is 0.396 e. The molecule has 2 N–H and O–H groups in total. The molecule has 2 aliphatic rings. The molecule has 1 amide bonds. The van der Waals surface area contributed by atoms with Gasteiger partial charge in [-0.3, -0.25) is 4.79 Å². The lowest BCUT2D eigenvalue weighted by Crippen LogP contribution is -2.51. The molecule has 1 aliphatic heterocycles. The van der Waals surface area contributed by atoms with Crippen molar-refractivity contribution in [1.82, 2.24) is 4.90 Å². The molecule has 1 saturated carbocycles. The summed E-state index contributed by atoms with van der Waals surface area (Å²) in [5, 5.41) is 0. The van der Waals surface area contributed by atoms with E-state index in [1.165, 1.54) is 0 Å². The Hall–Kier alpha value is -0.820. The number of nitrogens with two attached hydrogens (primary N) is 1. The van der Waals surface area contributed by atoms with Crippen LogP contribution in [0, 0.1) is 5.41 Å². The maximum absolute atomic E-state index is 12.8. The average Bonchev–Trinajstić information content (AvgIpc) is 3.25. The van der Waals surface area contributed by atoms with E-state index in [2.05, 4.69) is 0 Å². The predicted molar refractivity (Wildman–Crippen MR) is 71.5 cm³/mol. The summed E-state index contributed by atoms with van der Waals surface area (Å²) in [6.07, 6.45) is -1.76.